The van der Waals surface area contributed by atoms with Gasteiger partial charge in [-0.05, 0) is 45.6 Å². The molecule has 0 aliphatic heterocycles. The quantitative estimate of drug-likeness (QED) is 0.773. The molecule has 0 bridgehead atoms. The fraction of sp³-hybridized carbons (Fsp3) is 0.278. The zero-order valence-electron chi connectivity index (χ0n) is 13.7. The van der Waals surface area contributed by atoms with E-state index in [0.29, 0.717) is 24.5 Å². The van der Waals surface area contributed by atoms with Gasteiger partial charge in [0.1, 0.15) is 22.6 Å². The van der Waals surface area contributed by atoms with Crippen molar-refractivity contribution in [1.82, 2.24) is 5.32 Å². The third kappa shape index (κ3) is 5.16. The van der Waals surface area contributed by atoms with Crippen LogP contribution in [0.5, 0.6) is 11.5 Å². The number of nitrogens with one attached hydrogen (secondary N) is 1. The summed E-state index contributed by atoms with van der Waals surface area (Å²) in [7, 11) is 3.20. The van der Waals surface area contributed by atoms with Gasteiger partial charge in [0, 0.05) is 6.54 Å². The first-order chi connectivity index (χ1) is 11.6. The van der Waals surface area contributed by atoms with E-state index in [0.717, 1.165) is 15.6 Å². The van der Waals surface area contributed by atoms with E-state index >= 15 is 0 Å². The summed E-state index contributed by atoms with van der Waals surface area (Å²) in [4.78, 5) is 11.7. The Labute approximate surface area is 150 Å². The zero-order valence-corrected chi connectivity index (χ0v) is 15.3. The van der Waals surface area contributed by atoms with E-state index in [1.807, 2.05) is 42.5 Å². The van der Waals surface area contributed by atoms with Crippen LogP contribution in [0.15, 0.2) is 46.9 Å². The molecule has 24 heavy (non-hydrogen) atoms. The van der Waals surface area contributed by atoms with Gasteiger partial charge in [-0.25, -0.2) is 4.79 Å². The SMILES string of the molecule is COc1cc(CCNC(=O)OCc2ccccc2)cc(OC)c1Br. The average Bonchev–Trinajstić information content (AvgIpc) is 2.62. The second-order valence-corrected chi connectivity index (χ2v) is 5.85. The van der Waals surface area contributed by atoms with Crippen molar-refractivity contribution in [3.05, 3.63) is 58.1 Å². The summed E-state index contributed by atoms with van der Waals surface area (Å²) in [6, 6.07) is 13.4. The number of carbonyl (C=O) groups excluding carboxylic acids is 1. The van der Waals surface area contributed by atoms with Gasteiger partial charge >= 0.3 is 6.09 Å². The van der Waals surface area contributed by atoms with Gasteiger partial charge in [-0.3, -0.25) is 0 Å². The maximum Gasteiger partial charge on any atom is 0.407 e. The van der Waals surface area contributed by atoms with Crippen LogP contribution in [0.4, 0.5) is 4.79 Å². The predicted octanol–water partition coefficient (Wildman–Crippen LogP) is 3.94. The van der Waals surface area contributed by atoms with Gasteiger partial charge < -0.3 is 19.5 Å². The molecule has 0 heterocycles. The first-order valence-corrected chi connectivity index (χ1v) is 8.28. The smallest absolute Gasteiger partial charge is 0.407 e. The van der Waals surface area contributed by atoms with Crippen molar-refractivity contribution in [1.29, 1.82) is 0 Å². The largest absolute Gasteiger partial charge is 0.495 e. The fourth-order valence-corrected chi connectivity index (χ4v) is 2.70. The monoisotopic (exact) mass is 393 g/mol. The van der Waals surface area contributed by atoms with E-state index in [4.69, 9.17) is 14.2 Å². The number of benzene rings is 2. The highest BCUT2D eigenvalue weighted by molar-refractivity contribution is 9.10. The standard InChI is InChI=1S/C18H20BrNO4/c1-22-15-10-14(11-16(23-2)17(15)19)8-9-20-18(21)24-12-13-6-4-3-5-7-13/h3-7,10-11H,8-9,12H2,1-2H3,(H,20,21). The molecule has 0 radical (unpaired) electrons. The number of rotatable bonds is 7. The van der Waals surface area contributed by atoms with Gasteiger partial charge in [0.05, 0.1) is 14.2 Å². The Morgan fingerprint density at radius 3 is 2.25 bits per heavy atom. The lowest BCUT2D eigenvalue weighted by atomic mass is 10.1. The Hall–Kier alpha value is -2.21. The number of hydrogen-bond donors (Lipinski definition) is 1. The van der Waals surface area contributed by atoms with E-state index in [1.54, 1.807) is 14.2 Å². The van der Waals surface area contributed by atoms with Gasteiger partial charge in [-0.15, -0.1) is 0 Å². The van der Waals surface area contributed by atoms with Crippen LogP contribution in [-0.4, -0.2) is 26.9 Å². The molecule has 0 saturated heterocycles. The molecule has 6 heteroatoms. The van der Waals surface area contributed by atoms with E-state index in [2.05, 4.69) is 21.2 Å². The van der Waals surface area contributed by atoms with Crippen LogP contribution in [0, 0.1) is 0 Å². The molecule has 0 aromatic heterocycles. The summed E-state index contributed by atoms with van der Waals surface area (Å²) in [5.74, 6) is 1.38. The first kappa shape index (κ1) is 18.1. The third-order valence-electron chi connectivity index (χ3n) is 3.40. The Morgan fingerprint density at radius 2 is 1.67 bits per heavy atom. The number of halogens is 1. The molecular weight excluding hydrogens is 374 g/mol. The van der Waals surface area contributed by atoms with Crippen molar-refractivity contribution in [3.8, 4) is 11.5 Å². The topological polar surface area (TPSA) is 56.8 Å². The number of hydrogen-bond acceptors (Lipinski definition) is 4. The normalized spacial score (nSPS) is 10.1. The minimum Gasteiger partial charge on any atom is -0.495 e. The molecule has 1 amide bonds. The molecule has 5 nitrogen and oxygen atoms in total. The molecule has 2 aromatic rings. The van der Waals surface area contributed by atoms with Crippen LogP contribution in [0.1, 0.15) is 11.1 Å². The molecular formula is C18H20BrNO4. The highest BCUT2D eigenvalue weighted by atomic mass is 79.9. The van der Waals surface area contributed by atoms with Gasteiger partial charge in [-0.1, -0.05) is 30.3 Å². The van der Waals surface area contributed by atoms with Crippen LogP contribution in [0.25, 0.3) is 0 Å². The van der Waals surface area contributed by atoms with Crippen LogP contribution in [0.2, 0.25) is 0 Å². The highest BCUT2D eigenvalue weighted by Crippen LogP contribution is 2.35. The lowest BCUT2D eigenvalue weighted by Crippen LogP contribution is -2.26. The van der Waals surface area contributed by atoms with Crippen molar-refractivity contribution in [2.24, 2.45) is 0 Å². The average molecular weight is 394 g/mol. The molecule has 0 unspecified atom stereocenters. The van der Waals surface area contributed by atoms with Gasteiger partial charge in [-0.2, -0.15) is 0 Å². The minimum atomic E-state index is -0.435. The Morgan fingerprint density at radius 1 is 1.04 bits per heavy atom. The number of methoxy groups -OCH3 is 2. The van der Waals surface area contributed by atoms with Crippen molar-refractivity contribution in [2.45, 2.75) is 13.0 Å². The van der Waals surface area contributed by atoms with Crippen molar-refractivity contribution < 1.29 is 19.0 Å². The fourth-order valence-electron chi connectivity index (χ4n) is 2.15. The van der Waals surface area contributed by atoms with Crippen molar-refractivity contribution in [2.75, 3.05) is 20.8 Å². The number of alkyl carbamates (subject to hydrolysis) is 1. The maximum atomic E-state index is 11.7. The zero-order chi connectivity index (χ0) is 17.4. The van der Waals surface area contributed by atoms with Crippen LogP contribution in [0.3, 0.4) is 0 Å². The van der Waals surface area contributed by atoms with Gasteiger partial charge in [0.2, 0.25) is 0 Å². The van der Waals surface area contributed by atoms with Crippen molar-refractivity contribution in [3.63, 3.8) is 0 Å². The molecule has 2 aromatic carbocycles. The Kier molecular flexibility index (Phi) is 6.93. The Bertz CT molecular complexity index is 651. The maximum absolute atomic E-state index is 11.7. The molecule has 2 rings (SSSR count). The molecule has 0 aliphatic rings. The molecule has 0 aliphatic carbocycles. The van der Waals surface area contributed by atoms with E-state index < -0.39 is 6.09 Å². The number of ether oxygens (including phenoxy) is 3. The summed E-state index contributed by atoms with van der Waals surface area (Å²) in [6.07, 6.45) is 0.204. The Balaban J connectivity index is 1.82. The van der Waals surface area contributed by atoms with Crippen LogP contribution in [-0.2, 0) is 17.8 Å². The summed E-state index contributed by atoms with van der Waals surface area (Å²) in [5.41, 5.74) is 1.95. The van der Waals surface area contributed by atoms with Crippen LogP contribution < -0.4 is 14.8 Å². The van der Waals surface area contributed by atoms with Crippen molar-refractivity contribution >= 4 is 22.0 Å². The molecule has 0 saturated carbocycles. The summed E-state index contributed by atoms with van der Waals surface area (Å²) >= 11 is 3.43. The first-order valence-electron chi connectivity index (χ1n) is 7.49. The lowest BCUT2D eigenvalue weighted by molar-refractivity contribution is 0.140. The summed E-state index contributed by atoms with van der Waals surface area (Å²) in [6.45, 7) is 0.716. The van der Waals surface area contributed by atoms with E-state index in [-0.39, 0.29) is 6.61 Å². The molecule has 0 atom stereocenters. The molecule has 0 fully saturated rings. The second kappa shape index (κ2) is 9.17. The highest BCUT2D eigenvalue weighted by Gasteiger charge is 2.10. The van der Waals surface area contributed by atoms with Crippen LogP contribution >= 0.6 is 15.9 Å². The number of amides is 1. The van der Waals surface area contributed by atoms with E-state index in [9.17, 15) is 4.79 Å². The number of carbonyl (C=O) groups is 1. The predicted molar refractivity (Wildman–Crippen MR) is 95.6 cm³/mol. The van der Waals surface area contributed by atoms with E-state index in [1.165, 1.54) is 0 Å². The summed E-state index contributed by atoms with van der Waals surface area (Å²) < 4.78 is 16.5. The molecule has 128 valence electrons. The summed E-state index contributed by atoms with van der Waals surface area (Å²) in [5, 5.41) is 2.74. The van der Waals surface area contributed by atoms with Gasteiger partial charge in [0.25, 0.3) is 0 Å². The lowest BCUT2D eigenvalue weighted by Gasteiger charge is -2.12. The third-order valence-corrected chi connectivity index (χ3v) is 4.18. The second-order valence-electron chi connectivity index (χ2n) is 5.05. The molecule has 1 N–H and O–H groups in total. The molecule has 0 spiro atoms. The minimum absolute atomic E-state index is 0.257. The van der Waals surface area contributed by atoms with Gasteiger partial charge in [0.15, 0.2) is 0 Å².